The number of rotatable bonds is 2. The van der Waals surface area contributed by atoms with Gasteiger partial charge in [-0.15, -0.1) is 0 Å². The van der Waals surface area contributed by atoms with Crippen LogP contribution in [0, 0.1) is 4.77 Å². The minimum absolute atomic E-state index is 0.270. The predicted octanol–water partition coefficient (Wildman–Crippen LogP) is 3.74. The van der Waals surface area contributed by atoms with Crippen molar-refractivity contribution in [2.24, 2.45) is 0 Å². The monoisotopic (exact) mass is 303 g/mol. The molecule has 0 spiro atoms. The maximum Gasteiger partial charge on any atom is 0.270 e. The average Bonchev–Trinajstić information content (AvgIpc) is 2.75. The molecule has 0 fully saturated rings. The molecule has 2 N–H and O–H groups in total. The maximum atomic E-state index is 12.2. The Labute approximate surface area is 125 Å². The molecule has 2 aromatic carbocycles. The van der Waals surface area contributed by atoms with Gasteiger partial charge < -0.3 is 4.98 Å². The number of para-hydroxylation sites is 2. The number of halogens is 1. The third-order valence-corrected chi connectivity index (χ3v) is 3.41. The summed E-state index contributed by atoms with van der Waals surface area (Å²) in [6.07, 6.45) is 0. The van der Waals surface area contributed by atoms with E-state index in [1.807, 2.05) is 24.3 Å². The molecule has 0 aliphatic rings. The normalized spacial score (nSPS) is 10.7. The summed E-state index contributed by atoms with van der Waals surface area (Å²) in [5.41, 5.74) is 4.91. The second-order valence-corrected chi connectivity index (χ2v) is 5.06. The fourth-order valence-corrected chi connectivity index (χ4v) is 2.41. The van der Waals surface area contributed by atoms with Gasteiger partial charge in [0.15, 0.2) is 4.77 Å². The van der Waals surface area contributed by atoms with Gasteiger partial charge in [-0.1, -0.05) is 29.8 Å². The Hall–Kier alpha value is -2.11. The number of carbonyl (C=O) groups is 1. The highest BCUT2D eigenvalue weighted by molar-refractivity contribution is 7.71. The minimum atomic E-state index is -0.270. The van der Waals surface area contributed by atoms with E-state index in [9.17, 15) is 4.79 Å². The number of hydrogen-bond donors (Lipinski definition) is 2. The lowest BCUT2D eigenvalue weighted by Gasteiger charge is -2.07. The lowest BCUT2D eigenvalue weighted by atomic mass is 10.2. The lowest BCUT2D eigenvalue weighted by Crippen LogP contribution is -2.22. The van der Waals surface area contributed by atoms with Crippen LogP contribution in [0.25, 0.3) is 11.0 Å². The van der Waals surface area contributed by atoms with Crippen LogP contribution in [-0.4, -0.2) is 15.6 Å². The van der Waals surface area contributed by atoms with E-state index in [2.05, 4.69) is 10.4 Å². The molecule has 0 unspecified atom stereocenters. The van der Waals surface area contributed by atoms with Crippen molar-refractivity contribution in [2.45, 2.75) is 0 Å². The highest BCUT2D eigenvalue weighted by atomic mass is 35.5. The number of nitrogens with one attached hydrogen (secondary N) is 2. The summed E-state index contributed by atoms with van der Waals surface area (Å²) in [5, 5.41) is 0.514. The summed E-state index contributed by atoms with van der Waals surface area (Å²) in [6, 6.07) is 14.3. The number of aromatic nitrogens is 2. The zero-order valence-corrected chi connectivity index (χ0v) is 11.8. The van der Waals surface area contributed by atoms with Crippen molar-refractivity contribution in [2.75, 3.05) is 5.43 Å². The smallest absolute Gasteiger partial charge is 0.270 e. The molecule has 100 valence electrons. The Bertz CT molecular complexity index is 853. The molecule has 4 nitrogen and oxygen atoms in total. The Morgan fingerprint density at radius 3 is 2.80 bits per heavy atom. The van der Waals surface area contributed by atoms with Gasteiger partial charge in [-0.2, -0.15) is 0 Å². The first kappa shape index (κ1) is 12.9. The molecule has 0 saturated carbocycles. The standard InChI is InChI=1S/C14H10ClN3OS/c15-10-5-3-4-9(8-10)13(19)17-18-12-7-2-1-6-11(12)16-14(18)20/h1-8H,(H,16,20)(H,17,19). The van der Waals surface area contributed by atoms with Crippen molar-refractivity contribution >= 4 is 40.8 Å². The lowest BCUT2D eigenvalue weighted by molar-refractivity contribution is 0.101. The summed E-state index contributed by atoms with van der Waals surface area (Å²) >= 11 is 11.1. The Balaban J connectivity index is 1.99. The summed E-state index contributed by atoms with van der Waals surface area (Å²) in [4.78, 5) is 15.2. The van der Waals surface area contributed by atoms with Gasteiger partial charge in [0.2, 0.25) is 0 Å². The molecule has 0 saturated heterocycles. The number of nitrogens with zero attached hydrogens (tertiary/aromatic N) is 1. The van der Waals surface area contributed by atoms with Crippen LogP contribution in [0.15, 0.2) is 48.5 Å². The van der Waals surface area contributed by atoms with Crippen molar-refractivity contribution in [3.8, 4) is 0 Å². The largest absolute Gasteiger partial charge is 0.329 e. The van der Waals surface area contributed by atoms with Crippen molar-refractivity contribution in [1.29, 1.82) is 0 Å². The molecule has 1 aromatic heterocycles. The van der Waals surface area contributed by atoms with Crippen LogP contribution in [0.3, 0.4) is 0 Å². The van der Waals surface area contributed by atoms with Crippen molar-refractivity contribution in [3.05, 3.63) is 63.9 Å². The molecule has 0 aliphatic heterocycles. The first-order valence-corrected chi connectivity index (χ1v) is 6.70. The van der Waals surface area contributed by atoms with Gasteiger partial charge in [-0.05, 0) is 42.5 Å². The van der Waals surface area contributed by atoms with Gasteiger partial charge in [0.25, 0.3) is 5.91 Å². The van der Waals surface area contributed by atoms with E-state index in [0.29, 0.717) is 15.4 Å². The Kier molecular flexibility index (Phi) is 3.30. The van der Waals surface area contributed by atoms with Gasteiger partial charge in [0.05, 0.1) is 11.0 Å². The average molecular weight is 304 g/mol. The zero-order chi connectivity index (χ0) is 14.1. The van der Waals surface area contributed by atoms with Gasteiger partial charge >= 0.3 is 0 Å². The van der Waals surface area contributed by atoms with E-state index in [4.69, 9.17) is 23.8 Å². The highest BCUT2D eigenvalue weighted by Gasteiger charge is 2.09. The molecule has 3 aromatic rings. The molecule has 20 heavy (non-hydrogen) atoms. The van der Waals surface area contributed by atoms with Crippen LogP contribution < -0.4 is 5.43 Å². The molecule has 1 amide bonds. The van der Waals surface area contributed by atoms with Gasteiger partial charge in [0.1, 0.15) is 0 Å². The minimum Gasteiger partial charge on any atom is -0.329 e. The third kappa shape index (κ3) is 2.33. The molecular formula is C14H10ClN3OS. The van der Waals surface area contributed by atoms with Crippen LogP contribution in [0.1, 0.15) is 10.4 Å². The van der Waals surface area contributed by atoms with Crippen molar-refractivity contribution in [3.63, 3.8) is 0 Å². The highest BCUT2D eigenvalue weighted by Crippen LogP contribution is 2.14. The third-order valence-electron chi connectivity index (χ3n) is 2.89. The second-order valence-electron chi connectivity index (χ2n) is 4.23. The topological polar surface area (TPSA) is 49.8 Å². The van der Waals surface area contributed by atoms with E-state index in [1.54, 1.807) is 28.9 Å². The van der Waals surface area contributed by atoms with E-state index in [0.717, 1.165) is 11.0 Å². The van der Waals surface area contributed by atoms with Crippen molar-refractivity contribution in [1.82, 2.24) is 9.66 Å². The predicted molar refractivity (Wildman–Crippen MR) is 82.3 cm³/mol. The second kappa shape index (κ2) is 5.11. The molecule has 0 atom stereocenters. The fourth-order valence-electron chi connectivity index (χ4n) is 1.96. The summed E-state index contributed by atoms with van der Waals surface area (Å²) in [5.74, 6) is -0.270. The van der Waals surface area contributed by atoms with E-state index < -0.39 is 0 Å². The molecule has 0 radical (unpaired) electrons. The van der Waals surface area contributed by atoms with E-state index in [-0.39, 0.29) is 5.91 Å². The molecule has 0 bridgehead atoms. The molecule has 6 heteroatoms. The molecular weight excluding hydrogens is 294 g/mol. The number of hydrogen-bond acceptors (Lipinski definition) is 2. The SMILES string of the molecule is O=C(Nn1c(=S)[nH]c2ccccc21)c1cccc(Cl)c1. The van der Waals surface area contributed by atoms with E-state index >= 15 is 0 Å². The van der Waals surface area contributed by atoms with Gasteiger partial charge in [-0.3, -0.25) is 10.2 Å². The maximum absolute atomic E-state index is 12.2. The first-order valence-electron chi connectivity index (χ1n) is 5.92. The number of aromatic amines is 1. The number of H-pyrrole nitrogens is 1. The Morgan fingerprint density at radius 2 is 2.00 bits per heavy atom. The van der Waals surface area contributed by atoms with Crippen LogP contribution in [0.2, 0.25) is 5.02 Å². The van der Waals surface area contributed by atoms with Crippen LogP contribution >= 0.6 is 23.8 Å². The zero-order valence-electron chi connectivity index (χ0n) is 10.3. The first-order chi connectivity index (χ1) is 9.65. The summed E-state index contributed by atoms with van der Waals surface area (Å²) in [6.45, 7) is 0. The van der Waals surface area contributed by atoms with E-state index in [1.165, 1.54) is 0 Å². The van der Waals surface area contributed by atoms with Crippen LogP contribution in [-0.2, 0) is 0 Å². The molecule has 3 rings (SSSR count). The number of amides is 1. The quantitative estimate of drug-likeness (QED) is 0.709. The summed E-state index contributed by atoms with van der Waals surface area (Å²) < 4.78 is 1.98. The van der Waals surface area contributed by atoms with Crippen LogP contribution in [0.5, 0.6) is 0 Å². The molecule has 1 heterocycles. The van der Waals surface area contributed by atoms with Gasteiger partial charge in [0, 0.05) is 10.6 Å². The molecule has 0 aliphatic carbocycles. The van der Waals surface area contributed by atoms with Crippen LogP contribution in [0.4, 0.5) is 0 Å². The number of imidazole rings is 1. The number of carbonyl (C=O) groups excluding carboxylic acids is 1. The van der Waals surface area contributed by atoms with Gasteiger partial charge in [-0.25, -0.2) is 4.68 Å². The number of fused-ring (bicyclic) bond motifs is 1. The number of benzene rings is 2. The fraction of sp³-hybridized carbons (Fsp3) is 0. The van der Waals surface area contributed by atoms with Crippen molar-refractivity contribution < 1.29 is 4.79 Å². The summed E-state index contributed by atoms with van der Waals surface area (Å²) in [7, 11) is 0. The Morgan fingerprint density at radius 1 is 1.20 bits per heavy atom.